The Bertz CT molecular complexity index is 487. The van der Waals surface area contributed by atoms with E-state index in [2.05, 4.69) is 20.3 Å². The molecule has 0 aliphatic rings. The summed E-state index contributed by atoms with van der Waals surface area (Å²) in [6, 6.07) is 1.83. The minimum absolute atomic E-state index is 0.0827. The summed E-state index contributed by atoms with van der Waals surface area (Å²) in [5.41, 5.74) is 0. The van der Waals surface area contributed by atoms with Crippen LogP contribution in [0.3, 0.4) is 0 Å². The molecular weight excluding hydrogens is 248 g/mol. The molecule has 0 spiro atoms. The fourth-order valence-corrected chi connectivity index (χ4v) is 2.07. The van der Waals surface area contributed by atoms with Crippen LogP contribution in [0.5, 0.6) is 5.88 Å². The van der Waals surface area contributed by atoms with E-state index in [1.54, 1.807) is 29.8 Å². The van der Waals surface area contributed by atoms with Gasteiger partial charge in [0.1, 0.15) is 5.01 Å². The molecular formula is C12H16N4OS. The molecule has 0 radical (unpaired) electrons. The van der Waals surface area contributed by atoms with Crippen molar-refractivity contribution in [2.24, 2.45) is 0 Å². The lowest BCUT2D eigenvalue weighted by Gasteiger charge is -2.13. The van der Waals surface area contributed by atoms with Crippen molar-refractivity contribution < 1.29 is 4.74 Å². The van der Waals surface area contributed by atoms with Crippen molar-refractivity contribution in [1.29, 1.82) is 0 Å². The maximum absolute atomic E-state index is 5.52. The van der Waals surface area contributed by atoms with Gasteiger partial charge in [-0.2, -0.15) is 4.98 Å². The standard InChI is InChI=1S/C12H16N4OS/c1-8(2)17-10-4-5-14-12(16-10)15-9(3)11-13-6-7-18-11/h4-9H,1-3H3,(H,14,15,16). The molecule has 2 heterocycles. The van der Waals surface area contributed by atoms with Gasteiger partial charge in [-0.3, -0.25) is 0 Å². The van der Waals surface area contributed by atoms with Gasteiger partial charge in [-0.1, -0.05) is 0 Å². The molecule has 1 unspecified atom stereocenters. The summed E-state index contributed by atoms with van der Waals surface area (Å²) >= 11 is 1.60. The number of nitrogens with one attached hydrogen (secondary N) is 1. The van der Waals surface area contributed by atoms with Crippen molar-refractivity contribution in [3.63, 3.8) is 0 Å². The molecule has 0 bridgehead atoms. The van der Waals surface area contributed by atoms with E-state index in [0.717, 1.165) is 5.01 Å². The van der Waals surface area contributed by atoms with E-state index in [1.807, 2.05) is 26.2 Å². The summed E-state index contributed by atoms with van der Waals surface area (Å²) < 4.78 is 5.52. The lowest BCUT2D eigenvalue weighted by atomic mass is 10.4. The lowest BCUT2D eigenvalue weighted by Crippen LogP contribution is -2.11. The van der Waals surface area contributed by atoms with Crippen LogP contribution < -0.4 is 10.1 Å². The van der Waals surface area contributed by atoms with Crippen LogP contribution >= 0.6 is 11.3 Å². The molecule has 96 valence electrons. The highest BCUT2D eigenvalue weighted by Crippen LogP contribution is 2.19. The molecule has 0 aromatic carbocycles. The molecule has 0 saturated heterocycles. The summed E-state index contributed by atoms with van der Waals surface area (Å²) in [6.07, 6.45) is 3.57. The van der Waals surface area contributed by atoms with E-state index in [-0.39, 0.29) is 12.1 Å². The third kappa shape index (κ3) is 3.40. The summed E-state index contributed by atoms with van der Waals surface area (Å²) in [5.74, 6) is 1.13. The fourth-order valence-electron chi connectivity index (χ4n) is 1.42. The Labute approximate surface area is 110 Å². The zero-order valence-corrected chi connectivity index (χ0v) is 11.4. The molecule has 0 fully saturated rings. The first-order valence-electron chi connectivity index (χ1n) is 5.81. The maximum atomic E-state index is 5.52. The molecule has 18 heavy (non-hydrogen) atoms. The van der Waals surface area contributed by atoms with Gasteiger partial charge in [0, 0.05) is 23.8 Å². The number of hydrogen-bond acceptors (Lipinski definition) is 6. The van der Waals surface area contributed by atoms with Crippen LogP contribution in [0.4, 0.5) is 5.95 Å². The van der Waals surface area contributed by atoms with Gasteiger partial charge in [0.2, 0.25) is 11.8 Å². The SMILES string of the molecule is CC(C)Oc1ccnc(NC(C)c2nccs2)n1. The second kappa shape index (κ2) is 5.77. The normalized spacial score (nSPS) is 12.4. The highest BCUT2D eigenvalue weighted by molar-refractivity contribution is 7.09. The van der Waals surface area contributed by atoms with Gasteiger partial charge in [-0.05, 0) is 20.8 Å². The molecule has 2 rings (SSSR count). The number of rotatable bonds is 5. The topological polar surface area (TPSA) is 59.9 Å². The van der Waals surface area contributed by atoms with E-state index in [1.165, 1.54) is 0 Å². The first kappa shape index (κ1) is 12.8. The van der Waals surface area contributed by atoms with Gasteiger partial charge in [-0.25, -0.2) is 9.97 Å². The minimum atomic E-state index is 0.0827. The molecule has 2 aromatic rings. The maximum Gasteiger partial charge on any atom is 0.226 e. The molecule has 0 saturated carbocycles. The van der Waals surface area contributed by atoms with Crippen LogP contribution in [0.15, 0.2) is 23.8 Å². The fraction of sp³-hybridized carbons (Fsp3) is 0.417. The van der Waals surface area contributed by atoms with E-state index in [4.69, 9.17) is 4.74 Å². The quantitative estimate of drug-likeness (QED) is 0.899. The smallest absolute Gasteiger partial charge is 0.226 e. The second-order valence-corrected chi connectivity index (χ2v) is 5.05. The van der Waals surface area contributed by atoms with E-state index >= 15 is 0 Å². The van der Waals surface area contributed by atoms with Crippen molar-refractivity contribution >= 4 is 17.3 Å². The van der Waals surface area contributed by atoms with Crippen LogP contribution in [0.1, 0.15) is 31.8 Å². The van der Waals surface area contributed by atoms with Crippen molar-refractivity contribution in [3.05, 3.63) is 28.8 Å². The predicted molar refractivity (Wildman–Crippen MR) is 71.9 cm³/mol. The second-order valence-electron chi connectivity index (χ2n) is 4.12. The Morgan fingerprint density at radius 2 is 2.06 bits per heavy atom. The number of anilines is 1. The highest BCUT2D eigenvalue weighted by Gasteiger charge is 2.10. The highest BCUT2D eigenvalue weighted by atomic mass is 32.1. The molecule has 1 atom stereocenters. The Morgan fingerprint density at radius 1 is 1.22 bits per heavy atom. The number of ether oxygens (including phenoxy) is 1. The number of nitrogens with zero attached hydrogens (tertiary/aromatic N) is 3. The van der Waals surface area contributed by atoms with E-state index in [9.17, 15) is 0 Å². The first-order chi connectivity index (χ1) is 8.65. The minimum Gasteiger partial charge on any atom is -0.475 e. The monoisotopic (exact) mass is 264 g/mol. The molecule has 0 amide bonds. The third-order valence-corrected chi connectivity index (χ3v) is 3.11. The lowest BCUT2D eigenvalue weighted by molar-refractivity contribution is 0.232. The molecule has 1 N–H and O–H groups in total. The average molecular weight is 264 g/mol. The predicted octanol–water partition coefficient (Wildman–Crippen LogP) is 2.89. The summed E-state index contributed by atoms with van der Waals surface area (Å²) in [5, 5.41) is 6.16. The summed E-state index contributed by atoms with van der Waals surface area (Å²) in [4.78, 5) is 12.7. The van der Waals surface area contributed by atoms with Gasteiger partial charge < -0.3 is 10.1 Å². The molecule has 6 heteroatoms. The summed E-state index contributed by atoms with van der Waals surface area (Å²) in [6.45, 7) is 5.96. The zero-order chi connectivity index (χ0) is 13.0. The zero-order valence-electron chi connectivity index (χ0n) is 10.6. The van der Waals surface area contributed by atoms with Gasteiger partial charge in [0.25, 0.3) is 0 Å². The molecule has 0 aliphatic heterocycles. The Morgan fingerprint density at radius 3 is 2.72 bits per heavy atom. The van der Waals surface area contributed by atoms with Crippen molar-refractivity contribution in [2.45, 2.75) is 32.9 Å². The summed E-state index contributed by atoms with van der Waals surface area (Å²) in [7, 11) is 0. The van der Waals surface area contributed by atoms with Crippen molar-refractivity contribution in [3.8, 4) is 5.88 Å². The number of thiazole rings is 1. The molecule has 0 aliphatic carbocycles. The molecule has 2 aromatic heterocycles. The van der Waals surface area contributed by atoms with Gasteiger partial charge >= 0.3 is 0 Å². The van der Waals surface area contributed by atoms with Crippen LogP contribution in [-0.4, -0.2) is 21.1 Å². The van der Waals surface area contributed by atoms with Crippen molar-refractivity contribution in [2.75, 3.05) is 5.32 Å². The Balaban J connectivity index is 2.05. The Hall–Kier alpha value is -1.69. The number of aromatic nitrogens is 3. The van der Waals surface area contributed by atoms with E-state index < -0.39 is 0 Å². The molecule has 5 nitrogen and oxygen atoms in total. The van der Waals surface area contributed by atoms with Crippen LogP contribution in [0, 0.1) is 0 Å². The van der Waals surface area contributed by atoms with Crippen LogP contribution in [0.25, 0.3) is 0 Å². The number of hydrogen-bond donors (Lipinski definition) is 1. The third-order valence-electron chi connectivity index (χ3n) is 2.15. The van der Waals surface area contributed by atoms with Crippen molar-refractivity contribution in [1.82, 2.24) is 15.0 Å². The Kier molecular flexibility index (Phi) is 4.09. The van der Waals surface area contributed by atoms with Crippen LogP contribution in [0.2, 0.25) is 0 Å². The average Bonchev–Trinajstić information content (AvgIpc) is 2.81. The van der Waals surface area contributed by atoms with E-state index in [0.29, 0.717) is 11.8 Å². The first-order valence-corrected chi connectivity index (χ1v) is 6.68. The largest absolute Gasteiger partial charge is 0.475 e. The van der Waals surface area contributed by atoms with Gasteiger partial charge in [-0.15, -0.1) is 11.3 Å². The van der Waals surface area contributed by atoms with Gasteiger partial charge in [0.15, 0.2) is 0 Å². The van der Waals surface area contributed by atoms with Crippen LogP contribution in [-0.2, 0) is 0 Å². The van der Waals surface area contributed by atoms with Gasteiger partial charge in [0.05, 0.1) is 12.1 Å².